The molecule has 0 saturated carbocycles. The maximum atomic E-state index is 12.7. The van der Waals surface area contributed by atoms with Crippen molar-refractivity contribution in [3.05, 3.63) is 83.4 Å². The molecule has 3 rings (SSSR count). The van der Waals surface area contributed by atoms with E-state index in [1.54, 1.807) is 17.8 Å². The molecule has 3 aromatic rings. The molecule has 0 fully saturated rings. The van der Waals surface area contributed by atoms with Gasteiger partial charge in [-0.25, -0.2) is 4.79 Å². The second kappa shape index (κ2) is 9.47. The molecule has 0 aromatic heterocycles. The van der Waals surface area contributed by atoms with Crippen molar-refractivity contribution in [1.82, 2.24) is 0 Å². The molecule has 1 atom stereocenters. The number of halogens is 3. The molecule has 7 heteroatoms. The normalized spacial score (nSPS) is 12.3. The number of thioether (sulfide) groups is 1. The highest BCUT2D eigenvalue weighted by atomic mass is 32.2. The number of carbonyl (C=O) groups excluding carboxylic acids is 1. The summed E-state index contributed by atoms with van der Waals surface area (Å²) in [6.07, 6.45) is -4.34. The van der Waals surface area contributed by atoms with Crippen LogP contribution < -0.4 is 4.89 Å². The maximum absolute atomic E-state index is 12.7. The molecule has 0 spiro atoms. The van der Waals surface area contributed by atoms with Crippen LogP contribution in [-0.2, 0) is 15.9 Å². The summed E-state index contributed by atoms with van der Waals surface area (Å²) in [6.45, 7) is 5.22. The molecule has 0 N–H and O–H groups in total. The molecular weight excluding hydrogens is 425 g/mol. The molecule has 0 heterocycles. The number of hydrogen-bond acceptors (Lipinski definition) is 4. The summed E-state index contributed by atoms with van der Waals surface area (Å²) in [5, 5.41) is 0.154. The molecule has 3 nitrogen and oxygen atoms in total. The van der Waals surface area contributed by atoms with Crippen LogP contribution in [0.25, 0.3) is 11.1 Å². The molecule has 0 radical (unpaired) electrons. The van der Waals surface area contributed by atoms with E-state index in [1.165, 1.54) is 19.1 Å². The van der Waals surface area contributed by atoms with E-state index in [2.05, 4.69) is 11.8 Å². The van der Waals surface area contributed by atoms with Crippen molar-refractivity contribution in [3.63, 3.8) is 0 Å². The van der Waals surface area contributed by atoms with Crippen molar-refractivity contribution in [2.75, 3.05) is 0 Å². The van der Waals surface area contributed by atoms with Gasteiger partial charge in [0.25, 0.3) is 0 Å². The highest BCUT2D eigenvalue weighted by Crippen LogP contribution is 2.37. The fraction of sp³-hybridized carbons (Fsp3) is 0.208. The summed E-state index contributed by atoms with van der Waals surface area (Å²) in [6, 6.07) is 18.5. The third kappa shape index (κ3) is 6.04. The van der Waals surface area contributed by atoms with Crippen LogP contribution in [0.5, 0.6) is 5.75 Å². The predicted octanol–water partition coefficient (Wildman–Crippen LogP) is 7.39. The minimum Gasteiger partial charge on any atom is -0.287 e. The van der Waals surface area contributed by atoms with Crippen LogP contribution in [0.4, 0.5) is 13.2 Å². The Labute approximate surface area is 183 Å². The third-order valence-electron chi connectivity index (χ3n) is 4.63. The molecular formula is C24H21F3O3S. The van der Waals surface area contributed by atoms with E-state index in [9.17, 15) is 18.0 Å². The summed E-state index contributed by atoms with van der Waals surface area (Å²) >= 11 is 1.66. The van der Waals surface area contributed by atoms with E-state index in [4.69, 9.17) is 4.89 Å². The van der Waals surface area contributed by atoms with Gasteiger partial charge in [0.15, 0.2) is 5.75 Å². The summed E-state index contributed by atoms with van der Waals surface area (Å²) < 4.78 is 38.2. The highest BCUT2D eigenvalue weighted by molar-refractivity contribution is 7.99. The molecule has 3 aromatic carbocycles. The van der Waals surface area contributed by atoms with Crippen LogP contribution in [0, 0.1) is 6.92 Å². The standard InChI is InChI=1S/C24H21F3O3S/c1-15-14-22(12-13-23(15)30-29-17(3)28)31-16(2)18-4-6-19(7-5-18)20-8-10-21(11-9-20)24(25,26)27/h4-14,16H,1-3H3. The first-order valence-electron chi connectivity index (χ1n) is 9.53. The van der Waals surface area contributed by atoms with Crippen LogP contribution >= 0.6 is 11.8 Å². The monoisotopic (exact) mass is 446 g/mol. The van der Waals surface area contributed by atoms with E-state index in [1.807, 2.05) is 43.3 Å². The molecule has 0 aliphatic heterocycles. The maximum Gasteiger partial charge on any atom is 0.416 e. The fourth-order valence-electron chi connectivity index (χ4n) is 2.96. The Morgan fingerprint density at radius 1 is 0.935 bits per heavy atom. The van der Waals surface area contributed by atoms with Crippen LogP contribution in [0.1, 0.15) is 35.8 Å². The first kappa shape index (κ1) is 22.7. The molecule has 1 unspecified atom stereocenters. The third-order valence-corrected chi connectivity index (χ3v) is 5.79. The van der Waals surface area contributed by atoms with Gasteiger partial charge in [0, 0.05) is 17.1 Å². The first-order chi connectivity index (χ1) is 14.6. The van der Waals surface area contributed by atoms with Crippen LogP contribution in [0.2, 0.25) is 0 Å². The Kier molecular flexibility index (Phi) is 6.95. The minimum absolute atomic E-state index is 0.154. The summed E-state index contributed by atoms with van der Waals surface area (Å²) in [7, 11) is 0. The van der Waals surface area contributed by atoms with Gasteiger partial charge >= 0.3 is 12.1 Å². The van der Waals surface area contributed by atoms with Crippen molar-refractivity contribution in [2.45, 2.75) is 37.1 Å². The van der Waals surface area contributed by atoms with Crippen molar-refractivity contribution >= 4 is 17.7 Å². The van der Waals surface area contributed by atoms with Crippen molar-refractivity contribution < 1.29 is 27.7 Å². The smallest absolute Gasteiger partial charge is 0.287 e. The van der Waals surface area contributed by atoms with Gasteiger partial charge in [0.2, 0.25) is 0 Å². The van der Waals surface area contributed by atoms with Gasteiger partial charge < -0.3 is 0 Å². The van der Waals surface area contributed by atoms with Gasteiger partial charge in [0.05, 0.1) is 5.56 Å². The Bertz CT molecular complexity index is 1050. The zero-order chi connectivity index (χ0) is 22.6. The van der Waals surface area contributed by atoms with E-state index >= 15 is 0 Å². The van der Waals surface area contributed by atoms with Gasteiger partial charge in [-0.05, 0) is 66.4 Å². The van der Waals surface area contributed by atoms with E-state index in [0.29, 0.717) is 5.75 Å². The number of rotatable bonds is 6. The Morgan fingerprint density at radius 3 is 2.03 bits per heavy atom. The lowest BCUT2D eigenvalue weighted by Crippen LogP contribution is -2.04. The lowest BCUT2D eigenvalue weighted by atomic mass is 10.0. The second-order valence-electron chi connectivity index (χ2n) is 7.04. The Morgan fingerprint density at radius 2 is 1.52 bits per heavy atom. The summed E-state index contributed by atoms with van der Waals surface area (Å²) in [5.41, 5.74) is 2.88. The highest BCUT2D eigenvalue weighted by Gasteiger charge is 2.29. The Hall–Kier alpha value is -2.93. The number of hydrogen-bond donors (Lipinski definition) is 0. The fourth-order valence-corrected chi connectivity index (χ4v) is 4.06. The van der Waals surface area contributed by atoms with Crippen molar-refractivity contribution in [3.8, 4) is 16.9 Å². The molecule has 31 heavy (non-hydrogen) atoms. The zero-order valence-corrected chi connectivity index (χ0v) is 18.0. The van der Waals surface area contributed by atoms with Gasteiger partial charge in [-0.15, -0.1) is 11.8 Å². The topological polar surface area (TPSA) is 35.5 Å². The minimum atomic E-state index is -4.34. The van der Waals surface area contributed by atoms with Crippen LogP contribution in [0.3, 0.4) is 0 Å². The molecule has 162 valence electrons. The van der Waals surface area contributed by atoms with Crippen molar-refractivity contribution in [1.29, 1.82) is 0 Å². The number of benzene rings is 3. The average Bonchev–Trinajstić information content (AvgIpc) is 2.72. The molecule has 0 aliphatic rings. The first-order valence-corrected chi connectivity index (χ1v) is 10.4. The van der Waals surface area contributed by atoms with E-state index in [-0.39, 0.29) is 5.25 Å². The van der Waals surface area contributed by atoms with Crippen molar-refractivity contribution in [2.24, 2.45) is 0 Å². The van der Waals surface area contributed by atoms with Gasteiger partial charge in [-0.1, -0.05) is 36.4 Å². The van der Waals surface area contributed by atoms with E-state index in [0.717, 1.165) is 39.3 Å². The zero-order valence-electron chi connectivity index (χ0n) is 17.2. The number of carbonyl (C=O) groups is 1. The molecule has 0 amide bonds. The Balaban J connectivity index is 1.67. The van der Waals surface area contributed by atoms with Gasteiger partial charge in [0.1, 0.15) is 0 Å². The van der Waals surface area contributed by atoms with E-state index < -0.39 is 17.7 Å². The quantitative estimate of drug-likeness (QED) is 0.225. The largest absolute Gasteiger partial charge is 0.416 e. The summed E-state index contributed by atoms with van der Waals surface area (Å²) in [5.74, 6) is -0.0423. The molecule has 0 saturated heterocycles. The van der Waals surface area contributed by atoms with Gasteiger partial charge in [-0.2, -0.15) is 13.2 Å². The SMILES string of the molecule is CC(=O)OOc1ccc(SC(C)c2ccc(-c3ccc(C(F)(F)F)cc3)cc2)cc1C. The van der Waals surface area contributed by atoms with Gasteiger partial charge in [-0.3, -0.25) is 9.78 Å². The average molecular weight is 446 g/mol. The predicted molar refractivity (Wildman–Crippen MR) is 115 cm³/mol. The lowest BCUT2D eigenvalue weighted by molar-refractivity contribution is -0.211. The molecule has 0 bridgehead atoms. The summed E-state index contributed by atoms with van der Waals surface area (Å²) in [4.78, 5) is 21.5. The van der Waals surface area contributed by atoms with Crippen LogP contribution in [-0.4, -0.2) is 5.97 Å². The number of aryl methyl sites for hydroxylation is 1. The number of alkyl halides is 3. The van der Waals surface area contributed by atoms with Crippen LogP contribution in [0.15, 0.2) is 71.6 Å². The second-order valence-corrected chi connectivity index (χ2v) is 8.46. The lowest BCUT2D eigenvalue weighted by Gasteiger charge is -2.14. The molecule has 0 aliphatic carbocycles.